The molecule has 1 aliphatic rings. The summed E-state index contributed by atoms with van der Waals surface area (Å²) in [6, 6.07) is 0.253. The lowest BCUT2D eigenvalue weighted by Crippen LogP contribution is -2.17. The lowest BCUT2D eigenvalue weighted by molar-refractivity contribution is 0.108. The van der Waals surface area contributed by atoms with Crippen molar-refractivity contribution in [3.8, 4) is 0 Å². The van der Waals surface area contributed by atoms with Crippen molar-refractivity contribution in [1.29, 1.82) is 0 Å². The SMILES string of the molecule is CO[C@@H]1CC[C@H](Nc2nnc(C(F)F)s2)C1. The zero-order chi connectivity index (χ0) is 11.5. The fraction of sp³-hybridized carbons (Fsp3) is 0.778. The predicted molar refractivity (Wildman–Crippen MR) is 56.9 cm³/mol. The summed E-state index contributed by atoms with van der Waals surface area (Å²) < 4.78 is 29.8. The minimum Gasteiger partial charge on any atom is -0.381 e. The van der Waals surface area contributed by atoms with Crippen LogP contribution in [0.5, 0.6) is 0 Å². The van der Waals surface area contributed by atoms with Crippen LogP contribution in [0.3, 0.4) is 0 Å². The summed E-state index contributed by atoms with van der Waals surface area (Å²) in [7, 11) is 1.69. The van der Waals surface area contributed by atoms with Gasteiger partial charge >= 0.3 is 0 Å². The van der Waals surface area contributed by atoms with Gasteiger partial charge in [-0.15, -0.1) is 10.2 Å². The van der Waals surface area contributed by atoms with Gasteiger partial charge in [0.2, 0.25) is 5.13 Å². The van der Waals surface area contributed by atoms with E-state index in [1.807, 2.05) is 0 Å². The van der Waals surface area contributed by atoms with Crippen molar-refractivity contribution < 1.29 is 13.5 Å². The molecule has 1 fully saturated rings. The van der Waals surface area contributed by atoms with Crippen molar-refractivity contribution in [3.05, 3.63) is 5.01 Å². The molecule has 0 saturated heterocycles. The van der Waals surface area contributed by atoms with Crippen LogP contribution in [-0.4, -0.2) is 29.5 Å². The zero-order valence-electron chi connectivity index (χ0n) is 8.82. The van der Waals surface area contributed by atoms with Crippen LogP contribution < -0.4 is 5.32 Å². The van der Waals surface area contributed by atoms with Gasteiger partial charge < -0.3 is 10.1 Å². The first-order valence-corrected chi connectivity index (χ1v) is 5.91. The first kappa shape index (κ1) is 11.7. The molecule has 0 amide bonds. The van der Waals surface area contributed by atoms with E-state index >= 15 is 0 Å². The van der Waals surface area contributed by atoms with Crippen molar-refractivity contribution >= 4 is 16.5 Å². The number of anilines is 1. The molecule has 1 heterocycles. The minimum absolute atomic E-state index is 0.233. The highest BCUT2D eigenvalue weighted by Gasteiger charge is 2.25. The van der Waals surface area contributed by atoms with E-state index in [0.717, 1.165) is 30.6 Å². The molecule has 1 saturated carbocycles. The maximum Gasteiger partial charge on any atom is 0.291 e. The molecule has 90 valence electrons. The number of nitrogens with zero attached hydrogens (tertiary/aromatic N) is 2. The molecule has 2 rings (SSSR count). The quantitative estimate of drug-likeness (QED) is 0.890. The average molecular weight is 249 g/mol. The fourth-order valence-electron chi connectivity index (χ4n) is 1.84. The molecule has 0 aromatic carbocycles. The molecule has 4 nitrogen and oxygen atoms in total. The van der Waals surface area contributed by atoms with Crippen LogP contribution in [-0.2, 0) is 4.74 Å². The van der Waals surface area contributed by atoms with Crippen molar-refractivity contribution in [2.24, 2.45) is 0 Å². The van der Waals surface area contributed by atoms with Gasteiger partial charge in [0.05, 0.1) is 6.10 Å². The fourth-order valence-corrected chi connectivity index (χ4v) is 2.52. The lowest BCUT2D eigenvalue weighted by atomic mass is 10.2. The van der Waals surface area contributed by atoms with Gasteiger partial charge in [0.25, 0.3) is 6.43 Å². The Morgan fingerprint density at radius 3 is 2.81 bits per heavy atom. The van der Waals surface area contributed by atoms with E-state index in [1.165, 1.54) is 0 Å². The Morgan fingerprint density at radius 2 is 2.25 bits per heavy atom. The van der Waals surface area contributed by atoms with E-state index in [1.54, 1.807) is 7.11 Å². The molecule has 1 aliphatic carbocycles. The summed E-state index contributed by atoms with van der Waals surface area (Å²) >= 11 is 0.913. The van der Waals surface area contributed by atoms with E-state index in [-0.39, 0.29) is 17.2 Å². The molecule has 2 atom stereocenters. The normalized spacial score (nSPS) is 25.2. The van der Waals surface area contributed by atoms with E-state index in [9.17, 15) is 8.78 Å². The van der Waals surface area contributed by atoms with Crippen LogP contribution in [0.1, 0.15) is 30.7 Å². The number of nitrogens with one attached hydrogen (secondary N) is 1. The standard InChI is InChI=1S/C9H13F2N3OS/c1-15-6-3-2-5(4-6)12-9-14-13-8(16-9)7(10)11/h5-7H,2-4H2,1H3,(H,12,14)/t5-,6+/m0/s1. The second-order valence-electron chi connectivity index (χ2n) is 3.76. The first-order chi connectivity index (χ1) is 7.69. The number of hydrogen-bond donors (Lipinski definition) is 1. The number of alkyl halides is 2. The Balaban J connectivity index is 1.89. The number of hydrogen-bond acceptors (Lipinski definition) is 5. The summed E-state index contributed by atoms with van der Waals surface area (Å²) in [5, 5.41) is 10.5. The van der Waals surface area contributed by atoms with E-state index in [2.05, 4.69) is 15.5 Å². The molecule has 1 aromatic heterocycles. The van der Waals surface area contributed by atoms with Gasteiger partial charge in [0.1, 0.15) is 0 Å². The monoisotopic (exact) mass is 249 g/mol. The van der Waals surface area contributed by atoms with Crippen LogP contribution in [0.25, 0.3) is 0 Å². The number of rotatable bonds is 4. The van der Waals surface area contributed by atoms with Crippen molar-refractivity contribution in [1.82, 2.24) is 10.2 Å². The second kappa shape index (κ2) is 5.01. The molecule has 0 spiro atoms. The second-order valence-corrected chi connectivity index (χ2v) is 4.77. The Hall–Kier alpha value is -0.820. The summed E-state index contributed by atoms with van der Waals surface area (Å²) in [4.78, 5) is 0. The summed E-state index contributed by atoms with van der Waals surface area (Å²) in [5.41, 5.74) is 0. The zero-order valence-corrected chi connectivity index (χ0v) is 9.64. The molecule has 0 aliphatic heterocycles. The van der Waals surface area contributed by atoms with Crippen LogP contribution in [0.2, 0.25) is 0 Å². The lowest BCUT2D eigenvalue weighted by Gasteiger charge is -2.10. The Labute approximate surface area is 96.0 Å². The maximum absolute atomic E-state index is 12.3. The molecule has 16 heavy (non-hydrogen) atoms. The molecular formula is C9H13F2N3OS. The van der Waals surface area contributed by atoms with Crippen LogP contribution in [0, 0.1) is 0 Å². The number of methoxy groups -OCH3 is 1. The Kier molecular flexibility index (Phi) is 3.65. The maximum atomic E-state index is 12.3. The molecular weight excluding hydrogens is 236 g/mol. The van der Waals surface area contributed by atoms with Gasteiger partial charge in [0, 0.05) is 13.2 Å². The van der Waals surface area contributed by atoms with Gasteiger partial charge in [-0.2, -0.15) is 0 Å². The van der Waals surface area contributed by atoms with Gasteiger partial charge in [-0.3, -0.25) is 0 Å². The smallest absolute Gasteiger partial charge is 0.291 e. The Morgan fingerprint density at radius 1 is 1.44 bits per heavy atom. The number of halogens is 2. The highest BCUT2D eigenvalue weighted by molar-refractivity contribution is 7.15. The van der Waals surface area contributed by atoms with Gasteiger partial charge in [-0.05, 0) is 19.3 Å². The molecule has 1 N–H and O–H groups in total. The van der Waals surface area contributed by atoms with Crippen molar-refractivity contribution in [2.75, 3.05) is 12.4 Å². The molecule has 0 radical (unpaired) electrons. The number of ether oxygens (including phenoxy) is 1. The molecule has 0 bridgehead atoms. The average Bonchev–Trinajstić information content (AvgIpc) is 2.87. The largest absolute Gasteiger partial charge is 0.381 e. The Bertz CT molecular complexity index is 347. The van der Waals surface area contributed by atoms with E-state index in [0.29, 0.717) is 5.13 Å². The van der Waals surface area contributed by atoms with Gasteiger partial charge in [-0.25, -0.2) is 8.78 Å². The van der Waals surface area contributed by atoms with Crippen LogP contribution in [0.4, 0.5) is 13.9 Å². The highest BCUT2D eigenvalue weighted by Crippen LogP contribution is 2.29. The number of aromatic nitrogens is 2. The topological polar surface area (TPSA) is 47.0 Å². The molecule has 7 heteroatoms. The first-order valence-electron chi connectivity index (χ1n) is 5.10. The molecule has 1 aromatic rings. The van der Waals surface area contributed by atoms with E-state index < -0.39 is 6.43 Å². The van der Waals surface area contributed by atoms with Gasteiger partial charge in [-0.1, -0.05) is 11.3 Å². The third-order valence-electron chi connectivity index (χ3n) is 2.67. The van der Waals surface area contributed by atoms with Gasteiger partial charge in [0.15, 0.2) is 5.01 Å². The minimum atomic E-state index is -2.54. The van der Waals surface area contributed by atoms with Crippen molar-refractivity contribution in [3.63, 3.8) is 0 Å². The third kappa shape index (κ3) is 2.65. The predicted octanol–water partition coefficient (Wildman–Crippen LogP) is 2.46. The summed E-state index contributed by atoms with van der Waals surface area (Å²) in [6.07, 6.45) is 0.583. The van der Waals surface area contributed by atoms with E-state index in [4.69, 9.17) is 4.74 Å². The summed E-state index contributed by atoms with van der Waals surface area (Å²) in [6.45, 7) is 0. The summed E-state index contributed by atoms with van der Waals surface area (Å²) in [5.74, 6) is 0. The van der Waals surface area contributed by atoms with Crippen LogP contribution >= 0.6 is 11.3 Å². The van der Waals surface area contributed by atoms with Crippen LogP contribution in [0.15, 0.2) is 0 Å². The van der Waals surface area contributed by atoms with Crippen molar-refractivity contribution in [2.45, 2.75) is 37.8 Å². The highest BCUT2D eigenvalue weighted by atomic mass is 32.1. The molecule has 0 unspecified atom stereocenters. The third-order valence-corrected chi connectivity index (χ3v) is 3.53.